The molecule has 1 aliphatic carbocycles. The molecule has 4 rings (SSSR count). The number of methoxy groups -OCH3 is 1. The number of hydrogen-bond donors (Lipinski definition) is 2. The number of aryl methyl sites for hydroxylation is 1. The van der Waals surface area contributed by atoms with E-state index in [0.717, 1.165) is 12.8 Å². The van der Waals surface area contributed by atoms with Crippen LogP contribution in [0.3, 0.4) is 0 Å². The van der Waals surface area contributed by atoms with Crippen LogP contribution in [0.2, 0.25) is 0 Å². The number of anilines is 3. The first-order valence-electron chi connectivity index (χ1n) is 9.40. The first-order valence-corrected chi connectivity index (χ1v) is 9.40. The van der Waals surface area contributed by atoms with Crippen molar-refractivity contribution >= 4 is 23.1 Å². The molecule has 1 fully saturated rings. The minimum absolute atomic E-state index is 0.0661. The van der Waals surface area contributed by atoms with Crippen molar-refractivity contribution in [3.63, 3.8) is 0 Å². The number of para-hydroxylation sites is 1. The maximum atomic E-state index is 14.4. The van der Waals surface area contributed by atoms with Crippen molar-refractivity contribution in [3.8, 4) is 17.1 Å². The van der Waals surface area contributed by atoms with Gasteiger partial charge in [0.15, 0.2) is 11.6 Å². The van der Waals surface area contributed by atoms with Gasteiger partial charge in [0.2, 0.25) is 11.7 Å². The van der Waals surface area contributed by atoms with E-state index in [-0.39, 0.29) is 17.4 Å². The number of carbonyl (C=O) groups excluding carboxylic acids is 1. The van der Waals surface area contributed by atoms with Gasteiger partial charge in [0, 0.05) is 19.5 Å². The molecule has 30 heavy (non-hydrogen) atoms. The molecule has 0 aliphatic heterocycles. The number of halogens is 2. The second kappa shape index (κ2) is 8.05. The highest BCUT2D eigenvalue weighted by Gasteiger charge is 2.25. The molecule has 2 N–H and O–H groups in total. The Labute approximate surface area is 171 Å². The van der Waals surface area contributed by atoms with E-state index >= 15 is 0 Å². The Morgan fingerprint density at radius 3 is 2.77 bits per heavy atom. The van der Waals surface area contributed by atoms with Gasteiger partial charge < -0.3 is 15.4 Å². The van der Waals surface area contributed by atoms with Gasteiger partial charge in [-0.3, -0.25) is 9.48 Å². The van der Waals surface area contributed by atoms with Crippen molar-refractivity contribution in [3.05, 3.63) is 42.4 Å². The third-order valence-electron chi connectivity index (χ3n) is 4.68. The first-order chi connectivity index (χ1) is 14.4. The minimum atomic E-state index is -1.32. The Bertz CT molecular complexity index is 1100. The molecule has 0 bridgehead atoms. The fraction of sp³-hybridized carbons (Fsp3) is 0.300. The Kier molecular flexibility index (Phi) is 5.30. The van der Waals surface area contributed by atoms with Gasteiger partial charge in [-0.05, 0) is 30.9 Å². The van der Waals surface area contributed by atoms with Crippen molar-refractivity contribution in [2.24, 2.45) is 13.0 Å². The van der Waals surface area contributed by atoms with Gasteiger partial charge in [-0.25, -0.2) is 4.98 Å². The minimum Gasteiger partial charge on any atom is -0.494 e. The van der Waals surface area contributed by atoms with Crippen LogP contribution in [0.5, 0.6) is 5.75 Å². The molecule has 0 saturated heterocycles. The molecule has 8 nitrogen and oxygen atoms in total. The van der Waals surface area contributed by atoms with Crippen LogP contribution in [-0.2, 0) is 11.8 Å². The molecule has 1 aromatic carbocycles. The van der Waals surface area contributed by atoms with E-state index in [9.17, 15) is 13.6 Å². The van der Waals surface area contributed by atoms with E-state index in [2.05, 4.69) is 25.7 Å². The number of ether oxygens (including phenoxy) is 1. The molecule has 0 spiro atoms. The largest absolute Gasteiger partial charge is 0.494 e. The molecular weight excluding hydrogens is 394 g/mol. The Morgan fingerprint density at radius 1 is 1.30 bits per heavy atom. The number of amides is 1. The molecular formula is C20H20F2N6O2. The molecule has 2 heterocycles. The third-order valence-corrected chi connectivity index (χ3v) is 4.68. The van der Waals surface area contributed by atoms with E-state index in [0.29, 0.717) is 35.2 Å². The molecule has 156 valence electrons. The maximum absolute atomic E-state index is 14.4. The first kappa shape index (κ1) is 19.7. The molecule has 1 aliphatic rings. The van der Waals surface area contributed by atoms with E-state index in [1.54, 1.807) is 36.3 Å². The number of benzene rings is 1. The molecule has 0 radical (unpaired) electrons. The second-order valence-electron chi connectivity index (χ2n) is 7.11. The summed E-state index contributed by atoms with van der Waals surface area (Å²) in [6, 6.07) is 6.36. The summed E-state index contributed by atoms with van der Waals surface area (Å²) in [6.45, 7) is 0. The maximum Gasteiger partial charge on any atom is 0.253 e. The number of carbonyl (C=O) groups is 1. The van der Waals surface area contributed by atoms with Gasteiger partial charge in [-0.2, -0.15) is 18.9 Å². The summed E-state index contributed by atoms with van der Waals surface area (Å²) >= 11 is 0. The topological polar surface area (TPSA) is 94.0 Å². The lowest BCUT2D eigenvalue weighted by molar-refractivity contribution is -0.116. The van der Waals surface area contributed by atoms with Crippen LogP contribution in [0.25, 0.3) is 11.4 Å². The second-order valence-corrected chi connectivity index (χ2v) is 7.11. The van der Waals surface area contributed by atoms with Crippen LogP contribution in [0.4, 0.5) is 26.0 Å². The highest BCUT2D eigenvalue weighted by molar-refractivity contribution is 5.90. The van der Waals surface area contributed by atoms with Gasteiger partial charge in [0.1, 0.15) is 12.1 Å². The fourth-order valence-electron chi connectivity index (χ4n) is 3.07. The zero-order valence-corrected chi connectivity index (χ0v) is 16.4. The Morgan fingerprint density at radius 2 is 2.10 bits per heavy atom. The Hall–Kier alpha value is -3.56. The summed E-state index contributed by atoms with van der Waals surface area (Å²) in [4.78, 5) is 19.7. The highest BCUT2D eigenvalue weighted by atomic mass is 19.2. The van der Waals surface area contributed by atoms with E-state index in [4.69, 9.17) is 4.74 Å². The van der Waals surface area contributed by atoms with Crippen molar-refractivity contribution in [2.45, 2.75) is 19.3 Å². The van der Waals surface area contributed by atoms with Crippen LogP contribution in [0, 0.1) is 17.7 Å². The number of nitrogens with one attached hydrogen (secondary N) is 2. The predicted octanol–water partition coefficient (Wildman–Crippen LogP) is 3.65. The normalized spacial score (nSPS) is 13.2. The summed E-state index contributed by atoms with van der Waals surface area (Å²) in [6.07, 6.45) is 3.90. The molecule has 3 aromatic rings. The highest BCUT2D eigenvalue weighted by Crippen LogP contribution is 2.37. The lowest BCUT2D eigenvalue weighted by Crippen LogP contribution is -2.14. The van der Waals surface area contributed by atoms with Crippen LogP contribution < -0.4 is 15.4 Å². The van der Waals surface area contributed by atoms with Crippen molar-refractivity contribution < 1.29 is 18.3 Å². The van der Waals surface area contributed by atoms with Crippen molar-refractivity contribution in [1.29, 1.82) is 0 Å². The van der Waals surface area contributed by atoms with E-state index in [1.807, 2.05) is 0 Å². The lowest BCUT2D eigenvalue weighted by atomic mass is 10.1. The van der Waals surface area contributed by atoms with Crippen LogP contribution in [-0.4, -0.2) is 32.8 Å². The van der Waals surface area contributed by atoms with Gasteiger partial charge in [-0.1, -0.05) is 6.07 Å². The lowest BCUT2D eigenvalue weighted by Gasteiger charge is -2.15. The number of rotatable bonds is 7. The average Bonchev–Trinajstić information content (AvgIpc) is 3.42. The number of hydrogen-bond acceptors (Lipinski definition) is 6. The average molecular weight is 414 g/mol. The standard InChI is InChI=1S/C20H20F2N6O2/c1-28-10-23-20(27-28)12-4-3-5-13(18(12)30-2)24-14-9-15(26-19(22)17(14)21)25-16(29)8-11-6-7-11/h3-5,9-11H,6-8H2,1-2H3,(H2,24,25,26,29). The molecule has 0 unspecified atom stereocenters. The van der Waals surface area contributed by atoms with Crippen LogP contribution >= 0.6 is 0 Å². The third kappa shape index (κ3) is 4.22. The zero-order chi connectivity index (χ0) is 21.3. The fourth-order valence-corrected chi connectivity index (χ4v) is 3.07. The summed E-state index contributed by atoms with van der Waals surface area (Å²) in [5.74, 6) is -1.68. The quantitative estimate of drug-likeness (QED) is 0.573. The van der Waals surface area contributed by atoms with Crippen LogP contribution in [0.1, 0.15) is 19.3 Å². The molecule has 10 heteroatoms. The number of aromatic nitrogens is 4. The van der Waals surface area contributed by atoms with Gasteiger partial charge >= 0.3 is 0 Å². The summed E-state index contributed by atoms with van der Waals surface area (Å²) in [5.41, 5.74) is 0.770. The number of pyridine rings is 1. The molecule has 1 amide bonds. The predicted molar refractivity (Wildman–Crippen MR) is 106 cm³/mol. The van der Waals surface area contributed by atoms with Crippen molar-refractivity contribution in [2.75, 3.05) is 17.7 Å². The van der Waals surface area contributed by atoms with Gasteiger partial charge in [0.25, 0.3) is 5.95 Å². The summed E-state index contributed by atoms with van der Waals surface area (Å²) in [5, 5.41) is 9.60. The Balaban J connectivity index is 1.64. The summed E-state index contributed by atoms with van der Waals surface area (Å²) in [7, 11) is 3.19. The molecule has 2 aromatic heterocycles. The van der Waals surface area contributed by atoms with Crippen molar-refractivity contribution in [1.82, 2.24) is 19.7 Å². The zero-order valence-electron chi connectivity index (χ0n) is 16.4. The van der Waals surface area contributed by atoms with Gasteiger partial charge in [0.05, 0.1) is 24.0 Å². The van der Waals surface area contributed by atoms with E-state index < -0.39 is 11.8 Å². The monoisotopic (exact) mass is 414 g/mol. The van der Waals surface area contributed by atoms with Gasteiger partial charge in [-0.15, -0.1) is 0 Å². The summed E-state index contributed by atoms with van der Waals surface area (Å²) < 4.78 is 35.5. The van der Waals surface area contributed by atoms with E-state index in [1.165, 1.54) is 13.2 Å². The molecule has 1 saturated carbocycles. The molecule has 0 atom stereocenters. The van der Waals surface area contributed by atoms with Crippen LogP contribution in [0.15, 0.2) is 30.6 Å². The SMILES string of the molecule is COc1c(Nc2cc(NC(=O)CC3CC3)nc(F)c2F)cccc1-c1ncn(C)n1. The smallest absolute Gasteiger partial charge is 0.253 e. The number of nitrogens with zero attached hydrogens (tertiary/aromatic N) is 4.